The number of sulfonamides is 1. The number of rotatable bonds is 6. The van der Waals surface area contributed by atoms with Crippen LogP contribution >= 0.6 is 0 Å². The van der Waals surface area contributed by atoms with E-state index in [-0.39, 0.29) is 18.9 Å². The van der Waals surface area contributed by atoms with E-state index >= 15 is 0 Å². The Morgan fingerprint density at radius 3 is 2.59 bits per heavy atom. The Morgan fingerprint density at radius 1 is 1.23 bits per heavy atom. The molecule has 1 aliphatic rings. The van der Waals surface area contributed by atoms with E-state index in [1.807, 2.05) is 30.3 Å². The molecule has 0 saturated carbocycles. The molecule has 1 aliphatic heterocycles. The highest BCUT2D eigenvalue weighted by Crippen LogP contribution is 2.03. The van der Waals surface area contributed by atoms with E-state index in [0.717, 1.165) is 11.0 Å². The lowest BCUT2D eigenvalue weighted by Gasteiger charge is -2.26. The average molecular weight is 324 g/mol. The van der Waals surface area contributed by atoms with E-state index in [0.29, 0.717) is 26.3 Å². The highest BCUT2D eigenvalue weighted by atomic mass is 32.2. The van der Waals surface area contributed by atoms with E-state index < -0.39 is 10.0 Å². The van der Waals surface area contributed by atoms with Gasteiger partial charge in [0, 0.05) is 31.5 Å². The lowest BCUT2D eigenvalue weighted by Crippen LogP contribution is -2.41. The van der Waals surface area contributed by atoms with Crippen molar-refractivity contribution in [2.45, 2.75) is 6.42 Å². The predicted octanol–water partition coefficient (Wildman–Crippen LogP) is 0.826. The third-order valence-corrected chi connectivity index (χ3v) is 4.35. The first kappa shape index (κ1) is 16.7. The number of ether oxygens (including phenoxy) is 1. The molecule has 0 radical (unpaired) electrons. The molecule has 1 aromatic rings. The number of nitrogens with zero attached hydrogens (tertiary/aromatic N) is 1. The van der Waals surface area contributed by atoms with Crippen molar-refractivity contribution in [3.8, 4) is 0 Å². The van der Waals surface area contributed by atoms with Crippen LogP contribution in [0.1, 0.15) is 12.0 Å². The van der Waals surface area contributed by atoms with Crippen molar-refractivity contribution in [3.05, 3.63) is 41.3 Å². The summed E-state index contributed by atoms with van der Waals surface area (Å²) < 4.78 is 31.2. The van der Waals surface area contributed by atoms with Gasteiger partial charge in [-0.3, -0.25) is 4.79 Å². The molecular formula is C15H20N2O4S. The molecule has 0 aliphatic carbocycles. The first-order valence-corrected chi connectivity index (χ1v) is 8.70. The Labute approximate surface area is 130 Å². The minimum absolute atomic E-state index is 0.0574. The summed E-state index contributed by atoms with van der Waals surface area (Å²) in [4.78, 5) is 13.6. The Kier molecular flexibility index (Phi) is 6.11. The minimum Gasteiger partial charge on any atom is -0.378 e. The molecule has 2 rings (SSSR count). The van der Waals surface area contributed by atoms with Crippen LogP contribution in [0.4, 0.5) is 0 Å². The van der Waals surface area contributed by atoms with Crippen molar-refractivity contribution in [2.24, 2.45) is 0 Å². The van der Waals surface area contributed by atoms with Gasteiger partial charge in [0.1, 0.15) is 0 Å². The number of benzene rings is 1. The number of carbonyl (C=O) groups is 1. The summed E-state index contributed by atoms with van der Waals surface area (Å²) >= 11 is 0. The first-order valence-electron chi connectivity index (χ1n) is 7.15. The quantitative estimate of drug-likeness (QED) is 0.841. The summed E-state index contributed by atoms with van der Waals surface area (Å²) in [6.45, 7) is 2.31. The maximum atomic E-state index is 11.9. The van der Waals surface area contributed by atoms with Crippen LogP contribution in [0.15, 0.2) is 35.7 Å². The third-order valence-electron chi connectivity index (χ3n) is 3.25. The molecule has 1 heterocycles. The standard InChI is InChI=1S/C15H20N2O4S/c18-15(17-9-11-21-12-10-17)6-8-16-22(19,20)13-7-14-4-2-1-3-5-14/h1-5,7,13,16H,6,8-12H2/b13-7+. The Morgan fingerprint density at radius 2 is 1.91 bits per heavy atom. The minimum atomic E-state index is -3.53. The number of amides is 1. The second-order valence-corrected chi connectivity index (χ2v) is 6.55. The summed E-state index contributed by atoms with van der Waals surface area (Å²) in [5.74, 6) is -0.0574. The van der Waals surface area contributed by atoms with Gasteiger partial charge in [-0.1, -0.05) is 30.3 Å². The summed E-state index contributed by atoms with van der Waals surface area (Å²) in [6.07, 6.45) is 1.67. The van der Waals surface area contributed by atoms with Crippen LogP contribution in [0.25, 0.3) is 6.08 Å². The van der Waals surface area contributed by atoms with Gasteiger partial charge in [0.05, 0.1) is 13.2 Å². The second kappa shape index (κ2) is 8.07. The van der Waals surface area contributed by atoms with Crippen LogP contribution in [0.5, 0.6) is 0 Å². The van der Waals surface area contributed by atoms with Crippen molar-refractivity contribution in [1.29, 1.82) is 0 Å². The van der Waals surface area contributed by atoms with Gasteiger partial charge in [0.2, 0.25) is 15.9 Å². The van der Waals surface area contributed by atoms with Gasteiger partial charge < -0.3 is 9.64 Å². The molecule has 1 N–H and O–H groups in total. The molecule has 22 heavy (non-hydrogen) atoms. The summed E-state index contributed by atoms with van der Waals surface area (Å²) in [5.41, 5.74) is 0.803. The molecular weight excluding hydrogens is 304 g/mol. The number of hydrogen-bond donors (Lipinski definition) is 1. The van der Waals surface area contributed by atoms with Crippen molar-refractivity contribution >= 4 is 22.0 Å². The van der Waals surface area contributed by atoms with E-state index in [1.165, 1.54) is 6.08 Å². The van der Waals surface area contributed by atoms with Gasteiger partial charge in [-0.05, 0) is 11.6 Å². The zero-order chi connectivity index (χ0) is 15.8. The van der Waals surface area contributed by atoms with Gasteiger partial charge in [0.15, 0.2) is 0 Å². The fraction of sp³-hybridized carbons (Fsp3) is 0.400. The molecule has 0 unspecified atom stereocenters. The summed E-state index contributed by atoms with van der Waals surface area (Å²) in [7, 11) is -3.53. The molecule has 1 aromatic carbocycles. The van der Waals surface area contributed by atoms with Crippen LogP contribution in [-0.4, -0.2) is 52.1 Å². The molecule has 1 amide bonds. The Bertz CT molecular complexity index is 608. The first-order chi connectivity index (χ1) is 10.6. The van der Waals surface area contributed by atoms with Crippen molar-refractivity contribution in [1.82, 2.24) is 9.62 Å². The maximum Gasteiger partial charge on any atom is 0.233 e. The lowest BCUT2D eigenvalue weighted by atomic mass is 10.2. The molecule has 0 bridgehead atoms. The zero-order valence-electron chi connectivity index (χ0n) is 12.3. The highest BCUT2D eigenvalue weighted by Gasteiger charge is 2.16. The van der Waals surface area contributed by atoms with Crippen molar-refractivity contribution in [2.75, 3.05) is 32.8 Å². The molecule has 0 spiro atoms. The van der Waals surface area contributed by atoms with Gasteiger partial charge in [-0.2, -0.15) is 0 Å². The van der Waals surface area contributed by atoms with Crippen LogP contribution in [0.2, 0.25) is 0 Å². The van der Waals surface area contributed by atoms with Crippen LogP contribution in [0.3, 0.4) is 0 Å². The summed E-state index contributed by atoms with van der Waals surface area (Å²) in [5, 5.41) is 1.11. The van der Waals surface area contributed by atoms with E-state index in [2.05, 4.69) is 4.72 Å². The molecule has 1 fully saturated rings. The largest absolute Gasteiger partial charge is 0.378 e. The lowest BCUT2D eigenvalue weighted by molar-refractivity contribution is -0.135. The van der Waals surface area contributed by atoms with E-state index in [9.17, 15) is 13.2 Å². The van der Waals surface area contributed by atoms with Gasteiger partial charge in [-0.25, -0.2) is 13.1 Å². The number of morpholine rings is 1. The Balaban J connectivity index is 1.77. The zero-order valence-corrected chi connectivity index (χ0v) is 13.1. The second-order valence-electron chi connectivity index (χ2n) is 4.90. The van der Waals surface area contributed by atoms with Crippen molar-refractivity contribution < 1.29 is 17.9 Å². The van der Waals surface area contributed by atoms with Gasteiger partial charge >= 0.3 is 0 Å². The molecule has 1 saturated heterocycles. The fourth-order valence-corrected chi connectivity index (χ4v) is 2.87. The third kappa shape index (κ3) is 5.59. The normalized spacial score (nSPS) is 16.1. The van der Waals surface area contributed by atoms with Gasteiger partial charge in [0.25, 0.3) is 0 Å². The van der Waals surface area contributed by atoms with Crippen LogP contribution < -0.4 is 4.72 Å². The summed E-state index contributed by atoms with van der Waals surface area (Å²) in [6, 6.07) is 9.16. The van der Waals surface area contributed by atoms with Crippen LogP contribution in [0, 0.1) is 0 Å². The monoisotopic (exact) mass is 324 g/mol. The smallest absolute Gasteiger partial charge is 0.233 e. The fourth-order valence-electron chi connectivity index (χ4n) is 2.05. The topological polar surface area (TPSA) is 75.7 Å². The van der Waals surface area contributed by atoms with E-state index in [4.69, 9.17) is 4.74 Å². The van der Waals surface area contributed by atoms with Crippen molar-refractivity contribution in [3.63, 3.8) is 0 Å². The van der Waals surface area contributed by atoms with Gasteiger partial charge in [-0.15, -0.1) is 0 Å². The van der Waals surface area contributed by atoms with Crippen LogP contribution in [-0.2, 0) is 19.6 Å². The molecule has 120 valence electrons. The predicted molar refractivity (Wildman–Crippen MR) is 84.4 cm³/mol. The van der Waals surface area contributed by atoms with E-state index in [1.54, 1.807) is 4.90 Å². The molecule has 7 heteroatoms. The number of nitrogens with one attached hydrogen (secondary N) is 1. The number of carbonyl (C=O) groups excluding carboxylic acids is 1. The SMILES string of the molecule is O=C(CCNS(=O)(=O)/C=C/c1ccccc1)N1CCOCC1. The maximum absolute atomic E-state index is 11.9. The Hall–Kier alpha value is -1.70. The number of hydrogen-bond acceptors (Lipinski definition) is 4. The highest BCUT2D eigenvalue weighted by molar-refractivity contribution is 7.92. The molecule has 6 nitrogen and oxygen atoms in total. The molecule has 0 atom stereocenters. The average Bonchev–Trinajstić information content (AvgIpc) is 2.55. The molecule has 0 aromatic heterocycles.